The molecule has 6 heteroatoms. The third-order valence-electron chi connectivity index (χ3n) is 7.99. The van der Waals surface area contributed by atoms with E-state index >= 15 is 4.39 Å². The Kier molecular flexibility index (Phi) is 6.05. The van der Waals surface area contributed by atoms with Crippen LogP contribution < -0.4 is 10.2 Å². The van der Waals surface area contributed by atoms with Gasteiger partial charge in [0.25, 0.3) is 0 Å². The van der Waals surface area contributed by atoms with Crippen molar-refractivity contribution in [2.24, 2.45) is 5.41 Å². The summed E-state index contributed by atoms with van der Waals surface area (Å²) in [6.45, 7) is 5.39. The first-order valence-electron chi connectivity index (χ1n) is 13.3. The Balaban J connectivity index is 1.46. The van der Waals surface area contributed by atoms with E-state index in [1.807, 2.05) is 46.2 Å². The van der Waals surface area contributed by atoms with Crippen molar-refractivity contribution in [2.45, 2.75) is 45.7 Å². The predicted molar refractivity (Wildman–Crippen MR) is 147 cm³/mol. The van der Waals surface area contributed by atoms with E-state index in [1.165, 1.54) is 11.6 Å². The highest BCUT2D eigenvalue weighted by Crippen LogP contribution is 2.48. The van der Waals surface area contributed by atoms with E-state index in [0.29, 0.717) is 37.1 Å². The molecule has 0 saturated heterocycles. The first kappa shape index (κ1) is 24.4. The fourth-order valence-electron chi connectivity index (χ4n) is 6.20. The second kappa shape index (κ2) is 9.43. The van der Waals surface area contributed by atoms with Gasteiger partial charge in [0.15, 0.2) is 5.78 Å². The van der Waals surface area contributed by atoms with E-state index in [-0.39, 0.29) is 29.5 Å². The van der Waals surface area contributed by atoms with Gasteiger partial charge in [-0.3, -0.25) is 9.59 Å². The molecule has 194 valence electrons. The zero-order valence-corrected chi connectivity index (χ0v) is 21.8. The number of rotatable bonds is 3. The highest BCUT2D eigenvalue weighted by molar-refractivity contribution is 6.02. The fraction of sp³-hybridized carbons (Fsp3) is 0.312. The largest absolute Gasteiger partial charge is 0.357 e. The van der Waals surface area contributed by atoms with Gasteiger partial charge in [0, 0.05) is 36.3 Å². The summed E-state index contributed by atoms with van der Waals surface area (Å²) in [6, 6.07) is 21.9. The van der Waals surface area contributed by atoms with Crippen LogP contribution in [0.15, 0.2) is 84.1 Å². The van der Waals surface area contributed by atoms with Gasteiger partial charge in [-0.25, -0.2) is 4.39 Å². The van der Waals surface area contributed by atoms with Crippen LogP contribution in [0.3, 0.4) is 0 Å². The van der Waals surface area contributed by atoms with Crippen molar-refractivity contribution in [3.8, 4) is 0 Å². The third-order valence-corrected chi connectivity index (χ3v) is 7.99. The summed E-state index contributed by atoms with van der Waals surface area (Å²) < 4.78 is 15.5. The van der Waals surface area contributed by atoms with Crippen LogP contribution in [0.1, 0.15) is 49.4 Å². The average molecular weight is 510 g/mol. The van der Waals surface area contributed by atoms with E-state index in [1.54, 1.807) is 18.2 Å². The number of Topliss-reactive ketones (excluding diaryl/α,β-unsaturated/α-hetero) is 1. The summed E-state index contributed by atoms with van der Waals surface area (Å²) in [6.07, 6.45) is 1.84. The SMILES string of the molecule is CC1(C)CC(=O)C2=C(C1)Nc1ccccc1N(CC(=O)N1CCc3ccccc3C1)C2c1ccccc1F. The molecule has 0 radical (unpaired) electrons. The lowest BCUT2D eigenvalue weighted by molar-refractivity contribution is -0.130. The van der Waals surface area contributed by atoms with E-state index < -0.39 is 6.04 Å². The van der Waals surface area contributed by atoms with Crippen LogP contribution in [-0.4, -0.2) is 29.7 Å². The number of amides is 1. The first-order chi connectivity index (χ1) is 18.3. The number of carbonyl (C=O) groups is 2. The maximum atomic E-state index is 15.5. The van der Waals surface area contributed by atoms with Gasteiger partial charge in [0.05, 0.1) is 24.0 Å². The van der Waals surface area contributed by atoms with E-state index in [2.05, 4.69) is 31.3 Å². The minimum Gasteiger partial charge on any atom is -0.357 e. The van der Waals surface area contributed by atoms with Gasteiger partial charge in [-0.15, -0.1) is 0 Å². The first-order valence-corrected chi connectivity index (χ1v) is 13.3. The van der Waals surface area contributed by atoms with Crippen molar-refractivity contribution in [1.29, 1.82) is 0 Å². The van der Waals surface area contributed by atoms with Gasteiger partial charge in [-0.1, -0.05) is 68.4 Å². The second-order valence-electron chi connectivity index (χ2n) is 11.4. The number of halogens is 1. The van der Waals surface area contributed by atoms with E-state index in [4.69, 9.17) is 0 Å². The van der Waals surface area contributed by atoms with Crippen LogP contribution in [0.2, 0.25) is 0 Å². The molecule has 1 N–H and O–H groups in total. The van der Waals surface area contributed by atoms with Gasteiger partial charge in [0.2, 0.25) is 5.91 Å². The number of nitrogens with one attached hydrogen (secondary N) is 1. The molecule has 1 amide bonds. The number of nitrogens with zero attached hydrogens (tertiary/aromatic N) is 2. The highest BCUT2D eigenvalue weighted by atomic mass is 19.1. The Labute approximate surface area is 223 Å². The van der Waals surface area contributed by atoms with Gasteiger partial charge in [-0.2, -0.15) is 0 Å². The lowest BCUT2D eigenvalue weighted by Crippen LogP contribution is -2.45. The smallest absolute Gasteiger partial charge is 0.242 e. The van der Waals surface area contributed by atoms with Crippen molar-refractivity contribution >= 4 is 23.1 Å². The number of anilines is 2. The fourth-order valence-corrected chi connectivity index (χ4v) is 6.20. The highest BCUT2D eigenvalue weighted by Gasteiger charge is 2.43. The molecule has 2 heterocycles. The summed E-state index contributed by atoms with van der Waals surface area (Å²) in [5, 5.41) is 3.53. The molecular weight excluding hydrogens is 477 g/mol. The standard InChI is InChI=1S/C32H32FN3O2/c1-32(2)17-26-30(28(37)18-32)31(23-11-5-6-12-24(23)33)36(27-14-8-7-13-25(27)34-26)20-29(38)35-16-15-21-9-3-4-10-22(21)19-35/h3-14,31,34H,15-20H2,1-2H3. The molecule has 0 aromatic heterocycles. The van der Waals surface area contributed by atoms with Crippen molar-refractivity contribution in [2.75, 3.05) is 23.3 Å². The van der Waals surface area contributed by atoms with Crippen molar-refractivity contribution in [1.82, 2.24) is 4.90 Å². The molecule has 3 aliphatic rings. The molecule has 6 rings (SSSR count). The van der Waals surface area contributed by atoms with Crippen LogP contribution in [0.5, 0.6) is 0 Å². The molecule has 0 saturated carbocycles. The molecule has 0 spiro atoms. The summed E-state index contributed by atoms with van der Waals surface area (Å²) in [7, 11) is 0. The van der Waals surface area contributed by atoms with Crippen LogP contribution >= 0.6 is 0 Å². The summed E-state index contributed by atoms with van der Waals surface area (Å²) >= 11 is 0. The zero-order valence-electron chi connectivity index (χ0n) is 21.8. The van der Waals surface area contributed by atoms with Gasteiger partial charge in [0.1, 0.15) is 5.82 Å². The number of ketones is 1. The predicted octanol–water partition coefficient (Wildman–Crippen LogP) is 6.03. The Bertz CT molecular complexity index is 1460. The number of allylic oxidation sites excluding steroid dienone is 1. The average Bonchev–Trinajstić information content (AvgIpc) is 3.02. The molecule has 0 bridgehead atoms. The number of hydrogen-bond donors (Lipinski definition) is 1. The third kappa shape index (κ3) is 4.38. The van der Waals surface area contributed by atoms with Crippen molar-refractivity contribution in [3.63, 3.8) is 0 Å². The summed E-state index contributed by atoms with van der Waals surface area (Å²) in [5.74, 6) is -0.428. The number of benzene rings is 3. The lowest BCUT2D eigenvalue weighted by Gasteiger charge is -2.39. The van der Waals surface area contributed by atoms with Gasteiger partial charge >= 0.3 is 0 Å². The number of carbonyl (C=O) groups excluding carboxylic acids is 2. The molecule has 0 fully saturated rings. The summed E-state index contributed by atoms with van der Waals surface area (Å²) in [4.78, 5) is 31.5. The zero-order chi connectivity index (χ0) is 26.4. The second-order valence-corrected chi connectivity index (χ2v) is 11.4. The number of fused-ring (bicyclic) bond motifs is 2. The molecule has 3 aromatic carbocycles. The van der Waals surface area contributed by atoms with Crippen molar-refractivity contribution in [3.05, 3.63) is 107 Å². The molecule has 1 aliphatic carbocycles. The normalized spacial score (nSPS) is 20.2. The molecule has 2 aliphatic heterocycles. The maximum absolute atomic E-state index is 15.5. The monoisotopic (exact) mass is 509 g/mol. The molecule has 1 atom stereocenters. The van der Waals surface area contributed by atoms with Crippen LogP contribution in [-0.2, 0) is 22.6 Å². The number of para-hydroxylation sites is 2. The summed E-state index contributed by atoms with van der Waals surface area (Å²) in [5.41, 5.74) is 5.59. The van der Waals surface area contributed by atoms with E-state index in [9.17, 15) is 9.59 Å². The Morgan fingerprint density at radius 3 is 2.50 bits per heavy atom. The Morgan fingerprint density at radius 2 is 1.68 bits per heavy atom. The van der Waals surface area contributed by atoms with Crippen LogP contribution in [0.25, 0.3) is 0 Å². The molecule has 5 nitrogen and oxygen atoms in total. The molecule has 3 aromatic rings. The van der Waals surface area contributed by atoms with Crippen LogP contribution in [0, 0.1) is 11.2 Å². The molecule has 38 heavy (non-hydrogen) atoms. The minimum absolute atomic E-state index is 0.00541. The van der Waals surface area contributed by atoms with Gasteiger partial charge < -0.3 is 15.1 Å². The molecule has 1 unspecified atom stereocenters. The number of hydrogen-bond acceptors (Lipinski definition) is 4. The Morgan fingerprint density at radius 1 is 0.974 bits per heavy atom. The van der Waals surface area contributed by atoms with Crippen molar-refractivity contribution < 1.29 is 14.0 Å². The van der Waals surface area contributed by atoms with E-state index in [0.717, 1.165) is 29.1 Å². The lowest BCUT2D eigenvalue weighted by atomic mass is 9.73. The topological polar surface area (TPSA) is 52.7 Å². The minimum atomic E-state index is -0.716. The maximum Gasteiger partial charge on any atom is 0.242 e. The van der Waals surface area contributed by atoms with Crippen LogP contribution in [0.4, 0.5) is 15.8 Å². The molecular formula is C32H32FN3O2. The quantitative estimate of drug-likeness (QED) is 0.469. The Hall–Kier alpha value is -3.93. The van der Waals surface area contributed by atoms with Gasteiger partial charge in [-0.05, 0) is 47.6 Å².